The van der Waals surface area contributed by atoms with Crippen molar-refractivity contribution < 1.29 is 14.3 Å². The molecule has 1 atom stereocenters. The summed E-state index contributed by atoms with van der Waals surface area (Å²) in [5.74, 6) is -0.421. The Kier molecular flexibility index (Phi) is 6.15. The lowest BCUT2D eigenvalue weighted by molar-refractivity contribution is -0.158. The second-order valence-electron chi connectivity index (χ2n) is 4.24. The summed E-state index contributed by atoms with van der Waals surface area (Å²) in [7, 11) is 0. The number of hydrogen-bond acceptors (Lipinski definition) is 4. The highest BCUT2D eigenvalue weighted by Crippen LogP contribution is 2.06. The molecule has 1 aliphatic rings. The zero-order valence-electron chi connectivity index (χ0n) is 10.7. The van der Waals surface area contributed by atoms with Crippen molar-refractivity contribution in [2.45, 2.75) is 39.2 Å². The van der Waals surface area contributed by atoms with Gasteiger partial charge in [0.1, 0.15) is 13.2 Å². The highest BCUT2D eigenvalue weighted by molar-refractivity contribution is 5.98. The van der Waals surface area contributed by atoms with Gasteiger partial charge in [-0.1, -0.05) is 13.8 Å². The van der Waals surface area contributed by atoms with Gasteiger partial charge in [0.15, 0.2) is 0 Å². The summed E-state index contributed by atoms with van der Waals surface area (Å²) in [6.07, 6.45) is 2.91. The maximum atomic E-state index is 11.4. The van der Waals surface area contributed by atoms with Crippen LogP contribution in [0.1, 0.15) is 33.1 Å². The first-order chi connectivity index (χ1) is 8.19. The quantitative estimate of drug-likeness (QED) is 0.662. The van der Waals surface area contributed by atoms with E-state index in [1.54, 1.807) is 0 Å². The Hall–Kier alpha value is -0.940. The topological polar surface area (TPSA) is 58.6 Å². The van der Waals surface area contributed by atoms with Crippen molar-refractivity contribution in [3.8, 4) is 0 Å². The normalized spacial score (nSPS) is 18.6. The molecule has 5 nitrogen and oxygen atoms in total. The molecule has 1 fully saturated rings. The van der Waals surface area contributed by atoms with Crippen molar-refractivity contribution in [1.29, 1.82) is 0 Å². The molecule has 98 valence electrons. The number of nitrogens with one attached hydrogen (secondary N) is 1. The lowest BCUT2D eigenvalue weighted by Gasteiger charge is -2.25. The summed E-state index contributed by atoms with van der Waals surface area (Å²) in [4.78, 5) is 24.2. The first kappa shape index (κ1) is 14.1. The van der Waals surface area contributed by atoms with Gasteiger partial charge in [0.25, 0.3) is 11.8 Å². The molecule has 1 unspecified atom stereocenters. The smallest absolute Gasteiger partial charge is 0.255 e. The molecule has 0 saturated carbocycles. The van der Waals surface area contributed by atoms with Crippen LogP contribution in [0.3, 0.4) is 0 Å². The molecule has 0 bridgehead atoms. The fourth-order valence-corrected chi connectivity index (χ4v) is 2.00. The monoisotopic (exact) mass is 242 g/mol. The first-order valence-corrected chi connectivity index (χ1v) is 6.33. The summed E-state index contributed by atoms with van der Waals surface area (Å²) in [6.45, 7) is 5.76. The average molecular weight is 242 g/mol. The van der Waals surface area contributed by atoms with Crippen molar-refractivity contribution in [3.05, 3.63) is 0 Å². The maximum absolute atomic E-state index is 11.4. The Bertz CT molecular complexity index is 252. The van der Waals surface area contributed by atoms with Crippen molar-refractivity contribution in [1.82, 2.24) is 10.2 Å². The third-order valence-electron chi connectivity index (χ3n) is 2.97. The highest BCUT2D eigenvalue weighted by atomic mass is 16.5. The summed E-state index contributed by atoms with van der Waals surface area (Å²) in [6, 6.07) is 0.478. The van der Waals surface area contributed by atoms with Gasteiger partial charge >= 0.3 is 0 Å². The zero-order valence-corrected chi connectivity index (χ0v) is 10.7. The molecule has 0 aliphatic carbocycles. The minimum Gasteiger partial charge on any atom is -0.362 e. The molecular formula is C12H22N2O3. The van der Waals surface area contributed by atoms with E-state index >= 15 is 0 Å². The number of amides is 2. The summed E-state index contributed by atoms with van der Waals surface area (Å²) in [5, 5.41) is 3.38. The number of rotatable bonds is 7. The molecule has 17 heavy (non-hydrogen) atoms. The second kappa shape index (κ2) is 7.40. The maximum Gasteiger partial charge on any atom is 0.255 e. The Morgan fingerprint density at radius 1 is 1.29 bits per heavy atom. The van der Waals surface area contributed by atoms with Gasteiger partial charge in [0, 0.05) is 12.6 Å². The van der Waals surface area contributed by atoms with Crippen LogP contribution in [0.15, 0.2) is 0 Å². The largest absolute Gasteiger partial charge is 0.362 e. The van der Waals surface area contributed by atoms with E-state index in [-0.39, 0.29) is 25.0 Å². The van der Waals surface area contributed by atoms with Crippen LogP contribution < -0.4 is 5.32 Å². The van der Waals surface area contributed by atoms with E-state index in [1.807, 2.05) is 0 Å². The number of carbonyl (C=O) groups is 2. The number of hydrogen-bond donors (Lipinski definition) is 1. The molecular weight excluding hydrogens is 220 g/mol. The van der Waals surface area contributed by atoms with Crippen molar-refractivity contribution >= 4 is 11.8 Å². The van der Waals surface area contributed by atoms with E-state index in [2.05, 4.69) is 19.2 Å². The third kappa shape index (κ3) is 4.44. The summed E-state index contributed by atoms with van der Waals surface area (Å²) < 4.78 is 4.86. The number of ether oxygens (including phenoxy) is 1. The van der Waals surface area contributed by atoms with Gasteiger partial charge in [-0.3, -0.25) is 14.5 Å². The summed E-state index contributed by atoms with van der Waals surface area (Å²) >= 11 is 0. The van der Waals surface area contributed by atoms with Crippen molar-refractivity contribution in [2.75, 3.05) is 26.3 Å². The summed E-state index contributed by atoms with van der Waals surface area (Å²) in [5.41, 5.74) is 0. The third-order valence-corrected chi connectivity index (χ3v) is 2.97. The van der Waals surface area contributed by atoms with Gasteiger partial charge < -0.3 is 10.1 Å². The van der Waals surface area contributed by atoms with Crippen LogP contribution in [0.2, 0.25) is 0 Å². The number of nitrogens with zero attached hydrogens (tertiary/aromatic N) is 1. The minimum absolute atomic E-state index is 0.0379. The average Bonchev–Trinajstić information content (AvgIpc) is 2.31. The van der Waals surface area contributed by atoms with Gasteiger partial charge in [-0.2, -0.15) is 0 Å². The minimum atomic E-state index is -0.210. The van der Waals surface area contributed by atoms with E-state index in [0.717, 1.165) is 25.8 Å². The van der Waals surface area contributed by atoms with E-state index in [4.69, 9.17) is 4.74 Å². The van der Waals surface area contributed by atoms with E-state index < -0.39 is 0 Å². The number of imide groups is 1. The molecule has 0 aromatic rings. The molecule has 0 spiro atoms. The van der Waals surface area contributed by atoms with Crippen LogP contribution >= 0.6 is 0 Å². The van der Waals surface area contributed by atoms with Crippen LogP contribution in [0, 0.1) is 0 Å². The molecule has 1 N–H and O–H groups in total. The lowest BCUT2D eigenvalue weighted by atomic mass is 10.1. The van der Waals surface area contributed by atoms with Crippen LogP contribution in [0.25, 0.3) is 0 Å². The number of morpholine rings is 1. The molecule has 2 amide bonds. The van der Waals surface area contributed by atoms with Crippen LogP contribution in [-0.4, -0.2) is 49.1 Å². The predicted octanol–water partition coefficient (Wildman–Crippen LogP) is 0.540. The molecule has 0 aromatic heterocycles. The predicted molar refractivity (Wildman–Crippen MR) is 64.5 cm³/mol. The fourth-order valence-electron chi connectivity index (χ4n) is 2.00. The first-order valence-electron chi connectivity index (χ1n) is 6.33. The van der Waals surface area contributed by atoms with E-state index in [1.165, 1.54) is 4.90 Å². The molecule has 0 radical (unpaired) electrons. The Morgan fingerprint density at radius 2 is 1.94 bits per heavy atom. The molecule has 1 rings (SSSR count). The van der Waals surface area contributed by atoms with Gasteiger partial charge in [-0.15, -0.1) is 0 Å². The standard InChI is InChI=1S/C12H22N2O3/c1-3-10(13-4-2)6-5-7-14-11(15)8-17-9-12(14)16/h10,13H,3-9H2,1-2H3. The van der Waals surface area contributed by atoms with Crippen LogP contribution in [0.4, 0.5) is 0 Å². The highest BCUT2D eigenvalue weighted by Gasteiger charge is 2.25. The van der Waals surface area contributed by atoms with Crippen LogP contribution in [-0.2, 0) is 14.3 Å². The van der Waals surface area contributed by atoms with Gasteiger partial charge in [0.2, 0.25) is 0 Å². The van der Waals surface area contributed by atoms with Gasteiger partial charge in [0.05, 0.1) is 0 Å². The molecule has 1 heterocycles. The molecule has 1 saturated heterocycles. The Morgan fingerprint density at radius 3 is 2.47 bits per heavy atom. The lowest BCUT2D eigenvalue weighted by Crippen LogP contribution is -2.46. The number of carbonyl (C=O) groups excluding carboxylic acids is 2. The fraction of sp³-hybridized carbons (Fsp3) is 0.833. The SMILES string of the molecule is CCNC(CC)CCCN1C(=O)COCC1=O. The van der Waals surface area contributed by atoms with E-state index in [9.17, 15) is 9.59 Å². The second-order valence-corrected chi connectivity index (χ2v) is 4.24. The van der Waals surface area contributed by atoms with Gasteiger partial charge in [-0.25, -0.2) is 0 Å². The van der Waals surface area contributed by atoms with Gasteiger partial charge in [-0.05, 0) is 25.8 Å². The van der Waals surface area contributed by atoms with Crippen molar-refractivity contribution in [2.24, 2.45) is 0 Å². The van der Waals surface area contributed by atoms with Crippen molar-refractivity contribution in [3.63, 3.8) is 0 Å². The zero-order chi connectivity index (χ0) is 12.7. The molecule has 5 heteroatoms. The Labute approximate surface area is 102 Å². The molecule has 0 aromatic carbocycles. The molecule has 1 aliphatic heterocycles. The Balaban J connectivity index is 2.29. The van der Waals surface area contributed by atoms with Crippen LogP contribution in [0.5, 0.6) is 0 Å². The van der Waals surface area contributed by atoms with E-state index in [0.29, 0.717) is 12.6 Å².